The molecule has 9 heteroatoms. The predicted octanol–water partition coefficient (Wildman–Crippen LogP) is 4.93. The van der Waals surface area contributed by atoms with Gasteiger partial charge in [-0.3, -0.25) is 9.71 Å². The molecule has 1 aromatic heterocycles. The quantitative estimate of drug-likeness (QED) is 0.591. The Kier molecular flexibility index (Phi) is 5.28. The third-order valence-corrected chi connectivity index (χ3v) is 5.69. The van der Waals surface area contributed by atoms with E-state index < -0.39 is 10.0 Å². The molecule has 1 aromatic carbocycles. The number of hydrogen-bond donors (Lipinski definition) is 1. The number of benzene rings is 1. The van der Waals surface area contributed by atoms with Crippen LogP contribution in [0.1, 0.15) is 0 Å². The fourth-order valence-electron chi connectivity index (χ4n) is 1.37. The minimum Gasteiger partial charge on any atom is -0.277 e. The predicted molar refractivity (Wildman–Crippen MR) is 92.3 cm³/mol. The van der Waals surface area contributed by atoms with Crippen LogP contribution < -0.4 is 4.72 Å². The van der Waals surface area contributed by atoms with Crippen LogP contribution >= 0.6 is 63.7 Å². The van der Waals surface area contributed by atoms with E-state index in [9.17, 15) is 8.42 Å². The van der Waals surface area contributed by atoms with Crippen LogP contribution in [0.25, 0.3) is 0 Å². The Morgan fingerprint density at radius 1 is 0.900 bits per heavy atom. The number of rotatable bonds is 3. The van der Waals surface area contributed by atoms with Crippen LogP contribution in [0.15, 0.2) is 53.4 Å². The average Bonchev–Trinajstić information content (AvgIpc) is 2.34. The van der Waals surface area contributed by atoms with Gasteiger partial charge in [0.05, 0.1) is 5.69 Å². The maximum absolute atomic E-state index is 12.3. The molecule has 0 spiro atoms. The molecule has 0 aliphatic rings. The lowest BCUT2D eigenvalue weighted by molar-refractivity contribution is 0.600. The number of halogens is 4. The lowest BCUT2D eigenvalue weighted by Gasteiger charge is -2.12. The average molecular weight is 550 g/mol. The number of nitrogens with one attached hydrogen (secondary N) is 1. The number of hydrogen-bond acceptors (Lipinski definition) is 3. The molecule has 0 aliphatic heterocycles. The van der Waals surface area contributed by atoms with Gasteiger partial charge < -0.3 is 0 Å². The molecule has 106 valence electrons. The molecule has 2 aromatic rings. The van der Waals surface area contributed by atoms with Gasteiger partial charge in [0.2, 0.25) is 0 Å². The second kappa shape index (κ2) is 6.43. The first kappa shape index (κ1) is 16.4. The Morgan fingerprint density at radius 2 is 1.50 bits per heavy atom. The van der Waals surface area contributed by atoms with Gasteiger partial charge in [-0.2, -0.15) is 0 Å². The van der Waals surface area contributed by atoms with E-state index in [0.29, 0.717) is 19.1 Å². The van der Waals surface area contributed by atoms with Crippen LogP contribution in [0.3, 0.4) is 0 Å². The Morgan fingerprint density at radius 3 is 2.05 bits per heavy atom. The van der Waals surface area contributed by atoms with Crippen molar-refractivity contribution in [2.75, 3.05) is 4.72 Å². The van der Waals surface area contributed by atoms with Crippen LogP contribution in [0.4, 0.5) is 5.69 Å². The zero-order chi connectivity index (χ0) is 14.9. The van der Waals surface area contributed by atoms with Crippen LogP contribution in [0.2, 0.25) is 0 Å². The van der Waals surface area contributed by atoms with Crippen LogP contribution in [0.5, 0.6) is 0 Å². The van der Waals surface area contributed by atoms with Crippen molar-refractivity contribution in [1.29, 1.82) is 0 Å². The maximum atomic E-state index is 12.3. The molecule has 0 aliphatic carbocycles. The van der Waals surface area contributed by atoms with E-state index in [-0.39, 0.29) is 4.90 Å². The van der Waals surface area contributed by atoms with Gasteiger partial charge in [-0.25, -0.2) is 8.42 Å². The van der Waals surface area contributed by atoms with E-state index in [0.717, 1.165) is 4.47 Å². The number of sulfonamides is 1. The summed E-state index contributed by atoms with van der Waals surface area (Å²) in [4.78, 5) is 3.93. The lowest BCUT2D eigenvalue weighted by atomic mass is 10.3. The largest absolute Gasteiger partial charge is 0.277 e. The van der Waals surface area contributed by atoms with Crippen molar-refractivity contribution in [1.82, 2.24) is 4.98 Å². The SMILES string of the molecule is O=S(=O)(Nc1c(Br)cc(Br)cc1Br)c1cncc(Br)c1. The highest BCUT2D eigenvalue weighted by molar-refractivity contribution is 9.11. The molecule has 0 amide bonds. The topological polar surface area (TPSA) is 59.1 Å². The van der Waals surface area contributed by atoms with Crippen molar-refractivity contribution in [3.05, 3.63) is 48.5 Å². The normalized spacial score (nSPS) is 11.4. The summed E-state index contributed by atoms with van der Waals surface area (Å²) in [6.07, 6.45) is 2.80. The molecule has 0 saturated carbocycles. The Balaban J connectivity index is 2.44. The molecule has 2 rings (SSSR count). The molecule has 0 bridgehead atoms. The van der Waals surface area contributed by atoms with Crippen LogP contribution in [0, 0.1) is 0 Å². The molecule has 0 radical (unpaired) electrons. The zero-order valence-corrected chi connectivity index (χ0v) is 16.7. The minimum atomic E-state index is -3.71. The van der Waals surface area contributed by atoms with Gasteiger partial charge in [-0.15, -0.1) is 0 Å². The third kappa shape index (κ3) is 3.82. The van der Waals surface area contributed by atoms with Crippen molar-refractivity contribution in [2.24, 2.45) is 0 Å². The maximum Gasteiger partial charge on any atom is 0.263 e. The summed E-state index contributed by atoms with van der Waals surface area (Å²) in [5.41, 5.74) is 0.424. The molecule has 20 heavy (non-hydrogen) atoms. The lowest BCUT2D eigenvalue weighted by Crippen LogP contribution is -2.14. The molecule has 1 N–H and O–H groups in total. The Hall–Kier alpha value is 0.0400. The molecule has 1 heterocycles. The smallest absolute Gasteiger partial charge is 0.263 e. The standard InChI is InChI=1S/C11H6Br4N2O2S/c12-6-2-9(14)11(10(15)3-6)17-20(18,19)8-1-7(13)4-16-5-8/h1-5,17H. The van der Waals surface area contributed by atoms with Gasteiger partial charge in [-0.05, 0) is 66.0 Å². The number of anilines is 1. The van der Waals surface area contributed by atoms with Gasteiger partial charge in [-0.1, -0.05) is 15.9 Å². The van der Waals surface area contributed by atoms with E-state index in [1.807, 2.05) is 0 Å². The van der Waals surface area contributed by atoms with Crippen molar-refractivity contribution >= 4 is 79.4 Å². The molecular weight excluding hydrogens is 544 g/mol. The summed E-state index contributed by atoms with van der Waals surface area (Å²) < 4.78 is 29.8. The molecule has 0 atom stereocenters. The van der Waals surface area contributed by atoms with Gasteiger partial charge in [0.25, 0.3) is 10.0 Å². The highest BCUT2D eigenvalue weighted by Crippen LogP contribution is 2.35. The highest BCUT2D eigenvalue weighted by Gasteiger charge is 2.18. The van der Waals surface area contributed by atoms with Crippen molar-refractivity contribution < 1.29 is 8.42 Å². The Labute approximate surface area is 149 Å². The first-order valence-corrected chi connectivity index (χ1v) is 9.73. The van der Waals surface area contributed by atoms with Crippen LogP contribution in [-0.2, 0) is 10.0 Å². The van der Waals surface area contributed by atoms with Gasteiger partial charge in [0, 0.05) is 30.3 Å². The van der Waals surface area contributed by atoms with Gasteiger partial charge in [0.1, 0.15) is 4.90 Å². The van der Waals surface area contributed by atoms with E-state index in [1.165, 1.54) is 18.5 Å². The summed E-state index contributed by atoms with van der Waals surface area (Å²) >= 11 is 13.2. The zero-order valence-electron chi connectivity index (χ0n) is 9.57. The minimum absolute atomic E-state index is 0.0774. The van der Waals surface area contributed by atoms with Crippen molar-refractivity contribution in [2.45, 2.75) is 4.90 Å². The van der Waals surface area contributed by atoms with Gasteiger partial charge in [0.15, 0.2) is 0 Å². The fraction of sp³-hybridized carbons (Fsp3) is 0. The van der Waals surface area contributed by atoms with E-state index in [4.69, 9.17) is 0 Å². The fourth-order valence-corrected chi connectivity index (χ4v) is 5.70. The molecule has 4 nitrogen and oxygen atoms in total. The number of nitrogens with zero attached hydrogens (tertiary/aromatic N) is 1. The number of pyridine rings is 1. The highest BCUT2D eigenvalue weighted by atomic mass is 79.9. The second-order valence-corrected chi connectivity index (χ2v) is 8.91. The first-order chi connectivity index (χ1) is 9.29. The third-order valence-electron chi connectivity index (χ3n) is 2.23. The number of aromatic nitrogens is 1. The molecule has 0 fully saturated rings. The van der Waals surface area contributed by atoms with E-state index in [2.05, 4.69) is 73.4 Å². The molecule has 0 unspecified atom stereocenters. The van der Waals surface area contributed by atoms with E-state index in [1.54, 1.807) is 12.1 Å². The summed E-state index contributed by atoms with van der Waals surface area (Å²) in [5, 5.41) is 0. The summed E-state index contributed by atoms with van der Waals surface area (Å²) in [6.45, 7) is 0. The summed E-state index contributed by atoms with van der Waals surface area (Å²) in [6, 6.07) is 4.99. The van der Waals surface area contributed by atoms with E-state index >= 15 is 0 Å². The molecule has 0 saturated heterocycles. The second-order valence-electron chi connectivity index (χ2n) is 3.69. The van der Waals surface area contributed by atoms with Crippen LogP contribution in [-0.4, -0.2) is 13.4 Å². The summed E-state index contributed by atoms with van der Waals surface area (Å²) in [5.74, 6) is 0. The summed E-state index contributed by atoms with van der Waals surface area (Å²) in [7, 11) is -3.71. The van der Waals surface area contributed by atoms with Crippen molar-refractivity contribution in [3.63, 3.8) is 0 Å². The molecular formula is C11H6Br4N2O2S. The Bertz CT molecular complexity index is 742. The first-order valence-electron chi connectivity index (χ1n) is 5.07. The van der Waals surface area contributed by atoms with Crippen molar-refractivity contribution in [3.8, 4) is 0 Å². The van der Waals surface area contributed by atoms with Gasteiger partial charge >= 0.3 is 0 Å². The monoisotopic (exact) mass is 546 g/mol.